The topological polar surface area (TPSA) is 37.8 Å². The van der Waals surface area contributed by atoms with Crippen LogP contribution in [0.25, 0.3) is 0 Å². The van der Waals surface area contributed by atoms with Crippen LogP contribution in [0, 0.1) is 5.92 Å². The van der Waals surface area contributed by atoms with Gasteiger partial charge in [0.15, 0.2) is 0 Å². The average molecular weight is 224 g/mol. The first-order chi connectivity index (χ1) is 7.60. The van der Waals surface area contributed by atoms with E-state index in [0.717, 1.165) is 43.5 Å². The van der Waals surface area contributed by atoms with Crippen LogP contribution in [0.1, 0.15) is 51.8 Å². The van der Waals surface area contributed by atoms with E-state index >= 15 is 0 Å². The maximum atomic E-state index is 12.0. The molecule has 0 unspecified atom stereocenters. The van der Waals surface area contributed by atoms with Gasteiger partial charge in [-0.25, -0.2) is 0 Å². The van der Waals surface area contributed by atoms with Crippen LogP contribution in [0.5, 0.6) is 0 Å². The Bertz CT molecular complexity index is 374. The quantitative estimate of drug-likeness (QED) is 0.792. The zero-order valence-electron chi connectivity index (χ0n) is 11.0. The SMILES string of the molecule is CCCCc1c(CC(C)C)[nH]n(CC)c1=O. The minimum absolute atomic E-state index is 0.187. The Balaban J connectivity index is 2.99. The highest BCUT2D eigenvalue weighted by molar-refractivity contribution is 5.18. The molecule has 1 aromatic rings. The number of hydrogen-bond acceptors (Lipinski definition) is 1. The van der Waals surface area contributed by atoms with Gasteiger partial charge in [0.05, 0.1) is 0 Å². The number of H-pyrrole nitrogens is 1. The molecule has 16 heavy (non-hydrogen) atoms. The van der Waals surface area contributed by atoms with Gasteiger partial charge in [-0.15, -0.1) is 0 Å². The summed E-state index contributed by atoms with van der Waals surface area (Å²) >= 11 is 0. The van der Waals surface area contributed by atoms with Crippen LogP contribution in [0.3, 0.4) is 0 Å². The van der Waals surface area contributed by atoms with E-state index < -0.39 is 0 Å². The third-order valence-electron chi connectivity index (χ3n) is 2.85. The van der Waals surface area contributed by atoms with Gasteiger partial charge in [0, 0.05) is 17.8 Å². The van der Waals surface area contributed by atoms with Crippen molar-refractivity contribution in [3.63, 3.8) is 0 Å². The molecule has 0 bridgehead atoms. The first kappa shape index (κ1) is 13.1. The molecule has 0 saturated carbocycles. The summed E-state index contributed by atoms with van der Waals surface area (Å²) in [6.45, 7) is 9.26. The fraction of sp³-hybridized carbons (Fsp3) is 0.769. The molecular weight excluding hydrogens is 200 g/mol. The van der Waals surface area contributed by atoms with Crippen molar-refractivity contribution in [3.05, 3.63) is 21.6 Å². The van der Waals surface area contributed by atoms with E-state index in [-0.39, 0.29) is 5.56 Å². The number of aromatic amines is 1. The van der Waals surface area contributed by atoms with Crippen LogP contribution in [-0.2, 0) is 19.4 Å². The zero-order chi connectivity index (χ0) is 12.1. The van der Waals surface area contributed by atoms with E-state index in [0.29, 0.717) is 5.92 Å². The first-order valence-electron chi connectivity index (χ1n) is 6.40. The van der Waals surface area contributed by atoms with E-state index in [1.807, 2.05) is 6.92 Å². The Morgan fingerprint density at radius 3 is 2.50 bits per heavy atom. The predicted octanol–water partition coefficient (Wildman–Crippen LogP) is 2.74. The third-order valence-corrected chi connectivity index (χ3v) is 2.85. The van der Waals surface area contributed by atoms with Gasteiger partial charge in [-0.2, -0.15) is 0 Å². The summed E-state index contributed by atoms with van der Waals surface area (Å²) in [7, 11) is 0. The Kier molecular flexibility index (Phi) is 4.84. The largest absolute Gasteiger partial charge is 0.299 e. The van der Waals surface area contributed by atoms with E-state index in [4.69, 9.17) is 0 Å². The lowest BCUT2D eigenvalue weighted by molar-refractivity contribution is 0.592. The summed E-state index contributed by atoms with van der Waals surface area (Å²) in [6.07, 6.45) is 4.13. The monoisotopic (exact) mass is 224 g/mol. The molecule has 0 saturated heterocycles. The second-order valence-corrected chi connectivity index (χ2v) is 4.82. The molecule has 3 heteroatoms. The normalized spacial score (nSPS) is 11.3. The van der Waals surface area contributed by atoms with Crippen LogP contribution in [-0.4, -0.2) is 9.78 Å². The lowest BCUT2D eigenvalue weighted by Crippen LogP contribution is -2.18. The number of hydrogen-bond donors (Lipinski definition) is 1. The van der Waals surface area contributed by atoms with Crippen molar-refractivity contribution in [1.82, 2.24) is 9.78 Å². The maximum Gasteiger partial charge on any atom is 0.269 e. The van der Waals surface area contributed by atoms with E-state index in [1.165, 1.54) is 0 Å². The maximum absolute atomic E-state index is 12.0. The van der Waals surface area contributed by atoms with E-state index in [9.17, 15) is 4.79 Å². The second kappa shape index (κ2) is 5.92. The molecule has 0 atom stereocenters. The fourth-order valence-corrected chi connectivity index (χ4v) is 1.98. The Labute approximate surface area is 97.8 Å². The number of unbranched alkanes of at least 4 members (excludes halogenated alkanes) is 1. The van der Waals surface area contributed by atoms with Gasteiger partial charge in [0.2, 0.25) is 0 Å². The van der Waals surface area contributed by atoms with Gasteiger partial charge in [0.1, 0.15) is 0 Å². The molecule has 0 aliphatic carbocycles. The summed E-state index contributed by atoms with van der Waals surface area (Å²) in [5, 5.41) is 3.24. The van der Waals surface area contributed by atoms with Crippen molar-refractivity contribution >= 4 is 0 Å². The summed E-state index contributed by atoms with van der Waals surface area (Å²) in [5.74, 6) is 0.587. The molecule has 1 aromatic heterocycles. The van der Waals surface area contributed by atoms with Crippen LogP contribution in [0.15, 0.2) is 4.79 Å². The van der Waals surface area contributed by atoms with Crippen molar-refractivity contribution in [3.8, 4) is 0 Å². The summed E-state index contributed by atoms with van der Waals surface area (Å²) < 4.78 is 1.72. The van der Waals surface area contributed by atoms with Gasteiger partial charge in [-0.3, -0.25) is 14.6 Å². The molecular formula is C13H24N2O. The second-order valence-electron chi connectivity index (χ2n) is 4.82. The number of nitrogens with zero attached hydrogens (tertiary/aromatic N) is 1. The molecule has 1 N–H and O–H groups in total. The third kappa shape index (κ3) is 3.00. The summed E-state index contributed by atoms with van der Waals surface area (Å²) in [4.78, 5) is 12.0. The van der Waals surface area contributed by atoms with E-state index in [2.05, 4.69) is 25.9 Å². The van der Waals surface area contributed by atoms with Gasteiger partial charge in [-0.1, -0.05) is 27.2 Å². The summed E-state index contributed by atoms with van der Waals surface area (Å²) in [6, 6.07) is 0. The van der Waals surface area contributed by atoms with Crippen molar-refractivity contribution in [1.29, 1.82) is 0 Å². The zero-order valence-corrected chi connectivity index (χ0v) is 11.0. The van der Waals surface area contributed by atoms with Gasteiger partial charge in [-0.05, 0) is 32.1 Å². The smallest absolute Gasteiger partial charge is 0.269 e. The van der Waals surface area contributed by atoms with Crippen molar-refractivity contribution in [2.75, 3.05) is 0 Å². The van der Waals surface area contributed by atoms with Crippen molar-refractivity contribution in [2.45, 2.75) is 59.9 Å². The molecule has 1 rings (SSSR count). The van der Waals surface area contributed by atoms with E-state index in [1.54, 1.807) is 4.68 Å². The molecule has 0 fully saturated rings. The van der Waals surface area contributed by atoms with Gasteiger partial charge >= 0.3 is 0 Å². The Morgan fingerprint density at radius 2 is 2.00 bits per heavy atom. The fourth-order valence-electron chi connectivity index (χ4n) is 1.98. The Hall–Kier alpha value is -0.990. The Morgan fingerprint density at radius 1 is 1.31 bits per heavy atom. The average Bonchev–Trinajstić information content (AvgIpc) is 2.52. The standard InChI is InChI=1S/C13H24N2O/c1-5-7-8-11-12(9-10(3)4)14-15(6-2)13(11)16/h10,14H,5-9H2,1-4H3. The van der Waals surface area contributed by atoms with Crippen molar-refractivity contribution in [2.24, 2.45) is 5.92 Å². The highest BCUT2D eigenvalue weighted by Crippen LogP contribution is 2.11. The minimum Gasteiger partial charge on any atom is -0.299 e. The first-order valence-corrected chi connectivity index (χ1v) is 6.40. The number of aromatic nitrogens is 2. The highest BCUT2D eigenvalue weighted by atomic mass is 16.1. The van der Waals surface area contributed by atoms with Gasteiger partial charge < -0.3 is 0 Å². The van der Waals surface area contributed by atoms with Gasteiger partial charge in [0.25, 0.3) is 5.56 Å². The number of nitrogens with one attached hydrogen (secondary N) is 1. The highest BCUT2D eigenvalue weighted by Gasteiger charge is 2.13. The summed E-state index contributed by atoms with van der Waals surface area (Å²) in [5.41, 5.74) is 2.35. The molecule has 0 radical (unpaired) electrons. The molecule has 0 amide bonds. The van der Waals surface area contributed by atoms with Crippen LogP contribution >= 0.6 is 0 Å². The molecule has 3 nitrogen and oxygen atoms in total. The minimum atomic E-state index is 0.187. The number of aryl methyl sites for hydroxylation is 1. The van der Waals surface area contributed by atoms with Crippen molar-refractivity contribution < 1.29 is 0 Å². The van der Waals surface area contributed by atoms with Crippen LogP contribution < -0.4 is 5.56 Å². The predicted molar refractivity (Wildman–Crippen MR) is 67.9 cm³/mol. The van der Waals surface area contributed by atoms with Crippen LogP contribution in [0.4, 0.5) is 0 Å². The molecule has 0 aliphatic heterocycles. The molecule has 0 aliphatic rings. The number of rotatable bonds is 6. The molecule has 1 heterocycles. The van der Waals surface area contributed by atoms with Crippen LogP contribution in [0.2, 0.25) is 0 Å². The lowest BCUT2D eigenvalue weighted by atomic mass is 10.0. The molecule has 92 valence electrons. The molecule has 0 aromatic carbocycles. The lowest BCUT2D eigenvalue weighted by Gasteiger charge is -2.04. The molecule has 0 spiro atoms.